The van der Waals surface area contributed by atoms with Crippen molar-refractivity contribution in [3.05, 3.63) is 18.2 Å². The van der Waals surface area contributed by atoms with Gasteiger partial charge in [0, 0.05) is 5.69 Å². The number of aliphatic hydroxyl groups excluding tert-OH is 1. The Morgan fingerprint density at radius 2 is 2.00 bits per heavy atom. The van der Waals surface area contributed by atoms with Gasteiger partial charge in [-0.3, -0.25) is 0 Å². The van der Waals surface area contributed by atoms with Crippen LogP contribution in [0, 0.1) is 0 Å². The summed E-state index contributed by atoms with van der Waals surface area (Å²) in [5, 5.41) is 17.0. The first-order valence-corrected chi connectivity index (χ1v) is 3.73. The Bertz CT molecular complexity index is 289. The second-order valence-corrected chi connectivity index (χ2v) is 2.59. The average Bonchev–Trinajstić information content (AvgIpc) is 2.02. The van der Waals surface area contributed by atoms with E-state index in [1.54, 1.807) is 18.2 Å². The van der Waals surface area contributed by atoms with Gasteiger partial charge >= 0.3 is 0 Å². The number of anilines is 2. The predicted octanol–water partition coefficient (Wildman–Crippen LogP) is -0.460. The first-order chi connectivity index (χ1) is 6.09. The molecular formula is C8H12N2O3. The molecule has 0 saturated heterocycles. The number of rotatable bonds is 3. The molecule has 0 spiro atoms. The van der Waals surface area contributed by atoms with Crippen molar-refractivity contribution >= 4 is 11.4 Å². The van der Waals surface area contributed by atoms with E-state index >= 15 is 0 Å². The summed E-state index contributed by atoms with van der Waals surface area (Å²) in [5.74, 6) is 0.391. The molecule has 72 valence electrons. The molecule has 0 saturated carbocycles. The molecule has 1 rings (SSSR count). The van der Waals surface area contributed by atoms with Crippen LogP contribution in [0.3, 0.4) is 0 Å². The lowest BCUT2D eigenvalue weighted by atomic mass is 10.2. The Labute approximate surface area is 75.5 Å². The summed E-state index contributed by atoms with van der Waals surface area (Å²) in [6, 6.07) is 4.74. The molecule has 0 heterocycles. The molecule has 1 aromatic rings. The molecule has 13 heavy (non-hydrogen) atoms. The smallest absolute Gasteiger partial charge is 0.186 e. The lowest BCUT2D eigenvalue weighted by molar-refractivity contribution is -0.0679. The molecule has 0 unspecified atom stereocenters. The van der Waals surface area contributed by atoms with Gasteiger partial charge in [0.15, 0.2) is 6.29 Å². The number of nitrogens with two attached hydrogens (primary N) is 2. The van der Waals surface area contributed by atoms with E-state index in [1.807, 2.05) is 0 Å². The van der Waals surface area contributed by atoms with E-state index in [1.165, 1.54) is 0 Å². The van der Waals surface area contributed by atoms with Crippen molar-refractivity contribution in [2.45, 2.75) is 6.29 Å². The number of nitrogen functional groups attached to an aromatic ring is 2. The molecule has 0 radical (unpaired) electrons. The van der Waals surface area contributed by atoms with E-state index in [-0.39, 0.29) is 6.61 Å². The van der Waals surface area contributed by atoms with E-state index in [9.17, 15) is 0 Å². The van der Waals surface area contributed by atoms with Crippen molar-refractivity contribution in [2.75, 3.05) is 18.1 Å². The van der Waals surface area contributed by atoms with Crippen molar-refractivity contribution in [3.63, 3.8) is 0 Å². The van der Waals surface area contributed by atoms with Crippen molar-refractivity contribution in [1.82, 2.24) is 0 Å². The van der Waals surface area contributed by atoms with Crippen molar-refractivity contribution in [3.8, 4) is 5.75 Å². The fourth-order valence-corrected chi connectivity index (χ4v) is 0.863. The molecule has 5 heteroatoms. The highest BCUT2D eigenvalue weighted by atomic mass is 16.5. The zero-order chi connectivity index (χ0) is 9.84. The first kappa shape index (κ1) is 9.63. The summed E-state index contributed by atoms with van der Waals surface area (Å²) in [7, 11) is 0. The van der Waals surface area contributed by atoms with Gasteiger partial charge in [0.1, 0.15) is 12.4 Å². The topological polar surface area (TPSA) is 102 Å². The molecule has 6 N–H and O–H groups in total. The Morgan fingerprint density at radius 3 is 2.54 bits per heavy atom. The normalized spacial score (nSPS) is 10.4. The molecular weight excluding hydrogens is 172 g/mol. The van der Waals surface area contributed by atoms with Crippen LogP contribution in [0.4, 0.5) is 11.4 Å². The molecule has 0 amide bonds. The Balaban J connectivity index is 2.67. The minimum absolute atomic E-state index is 0.214. The number of ether oxygens (including phenoxy) is 1. The van der Waals surface area contributed by atoms with Gasteiger partial charge in [-0.2, -0.15) is 0 Å². The van der Waals surface area contributed by atoms with Crippen LogP contribution in [0.1, 0.15) is 0 Å². The zero-order valence-electron chi connectivity index (χ0n) is 6.97. The Kier molecular flexibility index (Phi) is 2.94. The zero-order valence-corrected chi connectivity index (χ0v) is 6.97. The fourth-order valence-electron chi connectivity index (χ4n) is 0.863. The van der Waals surface area contributed by atoms with Crippen LogP contribution in [0.2, 0.25) is 0 Å². The summed E-state index contributed by atoms with van der Waals surface area (Å²) in [6.07, 6.45) is -1.50. The summed E-state index contributed by atoms with van der Waals surface area (Å²) >= 11 is 0. The van der Waals surface area contributed by atoms with Gasteiger partial charge < -0.3 is 26.4 Å². The second kappa shape index (κ2) is 3.97. The molecule has 0 aliphatic heterocycles. The van der Waals surface area contributed by atoms with Gasteiger partial charge in [0.05, 0.1) is 5.69 Å². The molecule has 0 aliphatic carbocycles. The number of hydrogen-bond donors (Lipinski definition) is 4. The maximum atomic E-state index is 8.52. The monoisotopic (exact) mass is 184 g/mol. The second-order valence-electron chi connectivity index (χ2n) is 2.59. The highest BCUT2D eigenvalue weighted by molar-refractivity contribution is 5.60. The van der Waals surface area contributed by atoms with Crippen molar-refractivity contribution < 1.29 is 14.9 Å². The standard InChI is InChI=1S/C8H12N2O3/c9-5-1-2-7(6(10)3-5)13-4-8(11)12/h1-3,8,11-12H,4,9-10H2. The van der Waals surface area contributed by atoms with Crippen LogP contribution >= 0.6 is 0 Å². The lowest BCUT2D eigenvalue weighted by Crippen LogP contribution is -2.16. The number of hydrogen-bond acceptors (Lipinski definition) is 5. The third-order valence-corrected chi connectivity index (χ3v) is 1.42. The Morgan fingerprint density at radius 1 is 1.31 bits per heavy atom. The average molecular weight is 184 g/mol. The number of aliphatic hydroxyl groups is 2. The van der Waals surface area contributed by atoms with Gasteiger partial charge in [0.25, 0.3) is 0 Å². The fraction of sp³-hybridized carbons (Fsp3) is 0.250. The van der Waals surface area contributed by atoms with Gasteiger partial charge in [-0.15, -0.1) is 0 Å². The molecule has 0 aromatic heterocycles. The van der Waals surface area contributed by atoms with Crippen molar-refractivity contribution in [1.29, 1.82) is 0 Å². The molecule has 0 bridgehead atoms. The summed E-state index contributed by atoms with van der Waals surface area (Å²) in [5.41, 5.74) is 11.9. The van der Waals surface area contributed by atoms with E-state index in [4.69, 9.17) is 26.4 Å². The maximum Gasteiger partial charge on any atom is 0.186 e. The van der Waals surface area contributed by atoms with Crippen LogP contribution in [-0.2, 0) is 0 Å². The quantitative estimate of drug-likeness (QED) is 0.376. The Hall–Kier alpha value is -1.46. The molecule has 0 fully saturated rings. The van der Waals surface area contributed by atoms with Crippen LogP contribution in [0.25, 0.3) is 0 Å². The minimum atomic E-state index is -1.50. The summed E-state index contributed by atoms with van der Waals surface area (Å²) < 4.78 is 4.97. The largest absolute Gasteiger partial charge is 0.486 e. The summed E-state index contributed by atoms with van der Waals surface area (Å²) in [4.78, 5) is 0. The third-order valence-electron chi connectivity index (χ3n) is 1.42. The molecule has 1 aromatic carbocycles. The van der Waals surface area contributed by atoms with Crippen LogP contribution < -0.4 is 16.2 Å². The maximum absolute atomic E-state index is 8.52. The van der Waals surface area contributed by atoms with E-state index < -0.39 is 6.29 Å². The molecule has 0 atom stereocenters. The van der Waals surface area contributed by atoms with Crippen molar-refractivity contribution in [2.24, 2.45) is 0 Å². The highest BCUT2D eigenvalue weighted by Crippen LogP contribution is 2.23. The van der Waals surface area contributed by atoms with Gasteiger partial charge in [-0.25, -0.2) is 0 Å². The van der Waals surface area contributed by atoms with Crippen LogP contribution in [0.15, 0.2) is 18.2 Å². The lowest BCUT2D eigenvalue weighted by Gasteiger charge is -2.09. The number of benzene rings is 1. The van der Waals surface area contributed by atoms with Crippen LogP contribution in [-0.4, -0.2) is 23.1 Å². The van der Waals surface area contributed by atoms with Gasteiger partial charge in [-0.1, -0.05) is 0 Å². The SMILES string of the molecule is Nc1ccc(OCC(O)O)c(N)c1. The molecule has 0 aliphatic rings. The third kappa shape index (κ3) is 2.81. The highest BCUT2D eigenvalue weighted by Gasteiger charge is 2.02. The van der Waals surface area contributed by atoms with Gasteiger partial charge in [-0.05, 0) is 18.2 Å². The van der Waals surface area contributed by atoms with E-state index in [0.29, 0.717) is 17.1 Å². The molecule has 5 nitrogen and oxygen atoms in total. The first-order valence-electron chi connectivity index (χ1n) is 3.73. The van der Waals surface area contributed by atoms with Gasteiger partial charge in [0.2, 0.25) is 0 Å². The predicted molar refractivity (Wildman–Crippen MR) is 49.0 cm³/mol. The van der Waals surface area contributed by atoms with E-state index in [2.05, 4.69) is 0 Å². The van der Waals surface area contributed by atoms with Crippen LogP contribution in [0.5, 0.6) is 5.75 Å². The minimum Gasteiger partial charge on any atom is -0.486 e. The van der Waals surface area contributed by atoms with E-state index in [0.717, 1.165) is 0 Å². The summed E-state index contributed by atoms with van der Waals surface area (Å²) in [6.45, 7) is -0.214.